The van der Waals surface area contributed by atoms with E-state index in [0.717, 1.165) is 18.2 Å². The highest BCUT2D eigenvalue weighted by molar-refractivity contribution is 14.1. The van der Waals surface area contributed by atoms with Gasteiger partial charge in [0, 0.05) is 47.4 Å². The summed E-state index contributed by atoms with van der Waals surface area (Å²) in [6.07, 6.45) is 2.67. The van der Waals surface area contributed by atoms with Crippen LogP contribution in [0.1, 0.15) is 56.9 Å². The van der Waals surface area contributed by atoms with Gasteiger partial charge in [-0.1, -0.05) is 0 Å². The summed E-state index contributed by atoms with van der Waals surface area (Å²) in [7, 11) is 0. The minimum atomic E-state index is -1.07. The molecule has 14 heteroatoms. The molecule has 0 spiro atoms. The number of carboxylic acids is 1. The number of nitrogens with zero attached hydrogens (tertiary/aromatic N) is 3. The zero-order valence-electron chi connectivity index (χ0n) is 23.0. The van der Waals surface area contributed by atoms with E-state index in [1.54, 1.807) is 24.0 Å². The molecular weight excluding hydrogens is 677 g/mol. The standard InChI is InChI=1S/C29H26IN3O10/c1-2-42-24-12-15(11-17(30)29(24)43-23-10-9-16(32(38)39)13-20(23)33(40)41)26-27-18(5-3-7-21(27)34)31(14-25(36)37)19-6-4-8-22(35)28(19)26/h9-13,26H,2-8,14H2,1H3,(H,36,37). The van der Waals surface area contributed by atoms with Crippen LogP contribution < -0.4 is 9.47 Å². The average Bonchev–Trinajstić information content (AvgIpc) is 2.95. The summed E-state index contributed by atoms with van der Waals surface area (Å²) in [6.45, 7) is 1.57. The quantitative estimate of drug-likeness (QED) is 0.190. The van der Waals surface area contributed by atoms with Gasteiger partial charge in [0.2, 0.25) is 5.75 Å². The number of hydrogen-bond donors (Lipinski definition) is 1. The van der Waals surface area contributed by atoms with Crippen molar-refractivity contribution in [1.29, 1.82) is 0 Å². The maximum atomic E-state index is 13.5. The van der Waals surface area contributed by atoms with Gasteiger partial charge in [0.15, 0.2) is 23.1 Å². The highest BCUT2D eigenvalue weighted by Gasteiger charge is 2.44. The van der Waals surface area contributed by atoms with Crippen LogP contribution in [-0.4, -0.2) is 50.5 Å². The minimum absolute atomic E-state index is 0.125. The van der Waals surface area contributed by atoms with Crippen LogP contribution in [0.25, 0.3) is 0 Å². The van der Waals surface area contributed by atoms with Crippen LogP contribution >= 0.6 is 22.6 Å². The van der Waals surface area contributed by atoms with E-state index in [2.05, 4.69) is 0 Å². The second kappa shape index (κ2) is 12.1. The average molecular weight is 703 g/mol. The number of rotatable bonds is 9. The Balaban J connectivity index is 1.67. The van der Waals surface area contributed by atoms with E-state index < -0.39 is 33.1 Å². The van der Waals surface area contributed by atoms with Crippen LogP contribution in [0.2, 0.25) is 0 Å². The Labute approximate surface area is 258 Å². The number of ether oxygens (including phenoxy) is 2. The zero-order valence-corrected chi connectivity index (χ0v) is 25.1. The van der Waals surface area contributed by atoms with Crippen molar-refractivity contribution in [3.8, 4) is 17.2 Å². The Morgan fingerprint density at radius 1 is 0.977 bits per heavy atom. The maximum Gasteiger partial charge on any atom is 0.323 e. The number of carbonyl (C=O) groups excluding carboxylic acids is 2. The first-order chi connectivity index (χ1) is 20.5. The summed E-state index contributed by atoms with van der Waals surface area (Å²) >= 11 is 1.97. The largest absolute Gasteiger partial charge is 0.490 e. The fourth-order valence-corrected chi connectivity index (χ4v) is 6.69. The lowest BCUT2D eigenvalue weighted by Crippen LogP contribution is -2.41. The van der Waals surface area contributed by atoms with Gasteiger partial charge < -0.3 is 19.5 Å². The number of carboxylic acid groups (broad SMARTS) is 1. The molecule has 0 radical (unpaired) electrons. The van der Waals surface area contributed by atoms with E-state index in [0.29, 0.717) is 57.4 Å². The predicted molar refractivity (Wildman–Crippen MR) is 159 cm³/mol. The molecule has 1 heterocycles. The van der Waals surface area contributed by atoms with Gasteiger partial charge in [0.1, 0.15) is 6.54 Å². The monoisotopic (exact) mass is 703 g/mol. The molecule has 0 fully saturated rings. The third kappa shape index (κ3) is 5.70. The Kier molecular flexibility index (Phi) is 8.48. The van der Waals surface area contributed by atoms with Crippen LogP contribution in [0.15, 0.2) is 52.9 Å². The molecule has 0 amide bonds. The first-order valence-corrected chi connectivity index (χ1v) is 14.7. The number of hydrogen-bond acceptors (Lipinski definition) is 10. The molecule has 0 saturated heterocycles. The second-order valence-corrected chi connectivity index (χ2v) is 11.4. The molecule has 0 saturated carbocycles. The molecule has 13 nitrogen and oxygen atoms in total. The Morgan fingerprint density at radius 3 is 2.14 bits per heavy atom. The smallest absolute Gasteiger partial charge is 0.323 e. The third-order valence-electron chi connectivity index (χ3n) is 7.61. The molecule has 1 N–H and O–H groups in total. The van der Waals surface area contributed by atoms with Gasteiger partial charge in [0.05, 0.1) is 26.1 Å². The molecule has 5 rings (SSSR count). The summed E-state index contributed by atoms with van der Waals surface area (Å²) in [5, 5.41) is 32.6. The third-order valence-corrected chi connectivity index (χ3v) is 8.41. The minimum Gasteiger partial charge on any atom is -0.490 e. The van der Waals surface area contributed by atoms with Gasteiger partial charge in [-0.15, -0.1) is 0 Å². The summed E-state index contributed by atoms with van der Waals surface area (Å²) in [4.78, 5) is 61.8. The molecule has 43 heavy (non-hydrogen) atoms. The van der Waals surface area contributed by atoms with Gasteiger partial charge in [0.25, 0.3) is 5.69 Å². The van der Waals surface area contributed by atoms with Crippen molar-refractivity contribution in [3.63, 3.8) is 0 Å². The van der Waals surface area contributed by atoms with Gasteiger partial charge in [-0.3, -0.25) is 34.6 Å². The number of nitro benzene ring substituents is 2. The number of benzene rings is 2. The van der Waals surface area contributed by atoms with Crippen molar-refractivity contribution in [2.45, 2.75) is 51.4 Å². The van der Waals surface area contributed by atoms with Crippen LogP contribution in [-0.2, 0) is 14.4 Å². The van der Waals surface area contributed by atoms with Crippen molar-refractivity contribution < 1.29 is 38.8 Å². The van der Waals surface area contributed by atoms with Crippen LogP contribution in [0.3, 0.4) is 0 Å². The van der Waals surface area contributed by atoms with Crippen LogP contribution in [0.5, 0.6) is 17.2 Å². The summed E-state index contributed by atoms with van der Waals surface area (Å²) < 4.78 is 12.3. The Bertz CT molecular complexity index is 1600. The number of Topliss-reactive ketones (excluding diaryl/α,β-unsaturated/α-hetero) is 2. The molecule has 3 aliphatic rings. The van der Waals surface area contributed by atoms with Crippen molar-refractivity contribution in [1.82, 2.24) is 4.90 Å². The molecule has 2 aliphatic carbocycles. The topological polar surface area (TPSA) is 179 Å². The van der Waals surface area contributed by atoms with Gasteiger partial charge in [-0.2, -0.15) is 0 Å². The van der Waals surface area contributed by atoms with Gasteiger partial charge in [-0.25, -0.2) is 0 Å². The summed E-state index contributed by atoms with van der Waals surface area (Å²) in [5.41, 5.74) is 1.54. The number of allylic oxidation sites excluding steroid dienone is 4. The predicted octanol–water partition coefficient (Wildman–Crippen LogP) is 5.80. The van der Waals surface area contributed by atoms with Crippen molar-refractivity contribution in [2.24, 2.45) is 0 Å². The molecule has 0 aromatic heterocycles. The summed E-state index contributed by atoms with van der Waals surface area (Å²) in [5.74, 6) is -2.03. The molecule has 2 aromatic carbocycles. The zero-order chi connectivity index (χ0) is 31.0. The fraction of sp³-hybridized carbons (Fsp3) is 0.345. The van der Waals surface area contributed by atoms with E-state index in [-0.39, 0.29) is 54.8 Å². The van der Waals surface area contributed by atoms with Gasteiger partial charge >= 0.3 is 11.7 Å². The molecule has 0 atom stereocenters. The number of non-ortho nitro benzene ring substituents is 1. The molecular formula is C29H26IN3O10. The molecule has 0 bridgehead atoms. The normalized spacial score (nSPS) is 17.0. The van der Waals surface area contributed by atoms with Gasteiger partial charge in [-0.05, 0) is 79.0 Å². The number of ketones is 2. The highest BCUT2D eigenvalue weighted by atomic mass is 127. The lowest BCUT2D eigenvalue weighted by Gasteiger charge is -2.43. The summed E-state index contributed by atoms with van der Waals surface area (Å²) in [6, 6.07) is 6.40. The number of nitro groups is 2. The van der Waals surface area contributed by atoms with Crippen molar-refractivity contribution in [2.75, 3.05) is 13.2 Å². The van der Waals surface area contributed by atoms with Crippen LogP contribution in [0, 0.1) is 23.8 Å². The van der Waals surface area contributed by atoms with E-state index in [1.807, 2.05) is 22.6 Å². The lowest BCUT2D eigenvalue weighted by molar-refractivity contribution is -0.394. The number of aliphatic carboxylic acids is 1. The van der Waals surface area contributed by atoms with Crippen LogP contribution in [0.4, 0.5) is 11.4 Å². The Hall–Kier alpha value is -4.34. The Morgan fingerprint density at radius 2 is 1.60 bits per heavy atom. The lowest BCUT2D eigenvalue weighted by atomic mass is 9.71. The first kappa shape index (κ1) is 30.1. The van der Waals surface area contributed by atoms with E-state index in [9.17, 15) is 39.7 Å². The van der Waals surface area contributed by atoms with E-state index in [1.165, 1.54) is 0 Å². The SMILES string of the molecule is CCOc1cc(C2C3=C(CCCC3=O)N(CC(=O)O)C3=C2C(=O)CCC3)cc(I)c1Oc1ccc([N+](=O)[O-])cc1[N+](=O)[O-]. The molecule has 0 unspecified atom stereocenters. The molecule has 2 aromatic rings. The second-order valence-electron chi connectivity index (χ2n) is 10.2. The van der Waals surface area contributed by atoms with E-state index >= 15 is 0 Å². The number of carbonyl (C=O) groups is 3. The molecule has 1 aliphatic heterocycles. The molecule has 224 valence electrons. The van der Waals surface area contributed by atoms with E-state index in [4.69, 9.17) is 9.47 Å². The maximum absolute atomic E-state index is 13.5. The highest BCUT2D eigenvalue weighted by Crippen LogP contribution is 2.51. The number of halogens is 1. The fourth-order valence-electron chi connectivity index (χ4n) is 5.95. The van der Waals surface area contributed by atoms with Crippen molar-refractivity contribution >= 4 is 51.5 Å². The van der Waals surface area contributed by atoms with Crippen molar-refractivity contribution in [3.05, 3.63) is 82.2 Å². The first-order valence-electron chi connectivity index (χ1n) is 13.6.